The van der Waals surface area contributed by atoms with Gasteiger partial charge in [-0.1, -0.05) is 19.8 Å². The molecule has 0 aromatic carbocycles. The van der Waals surface area contributed by atoms with E-state index in [1.54, 1.807) is 4.68 Å². The molecule has 0 radical (unpaired) electrons. The Bertz CT molecular complexity index is 472. The number of nitrogens with two attached hydrogens (primary N) is 1. The first kappa shape index (κ1) is 13.9. The van der Waals surface area contributed by atoms with Gasteiger partial charge in [0.25, 0.3) is 5.91 Å². The summed E-state index contributed by atoms with van der Waals surface area (Å²) in [6, 6.07) is 0. The molecule has 0 spiro atoms. The number of nitrogens with one attached hydrogen (secondary N) is 1. The molecule has 1 aliphatic carbocycles. The fraction of sp³-hybridized carbons (Fsp3) is 0.714. The van der Waals surface area contributed by atoms with Crippen LogP contribution in [-0.4, -0.2) is 22.2 Å². The zero-order chi connectivity index (χ0) is 14.0. The van der Waals surface area contributed by atoms with Crippen molar-refractivity contribution >= 4 is 11.6 Å². The first-order valence-corrected chi connectivity index (χ1v) is 7.08. The second-order valence-corrected chi connectivity index (χ2v) is 5.86. The Balaban J connectivity index is 2.07. The van der Waals surface area contributed by atoms with E-state index in [1.165, 1.54) is 25.7 Å². The summed E-state index contributed by atoms with van der Waals surface area (Å²) in [5.74, 6) is -0.104. The van der Waals surface area contributed by atoms with Gasteiger partial charge in [0.1, 0.15) is 5.69 Å². The zero-order valence-corrected chi connectivity index (χ0v) is 12.1. The van der Waals surface area contributed by atoms with Crippen molar-refractivity contribution in [1.82, 2.24) is 15.1 Å². The van der Waals surface area contributed by atoms with Gasteiger partial charge in [-0.2, -0.15) is 5.10 Å². The highest BCUT2D eigenvalue weighted by Gasteiger charge is 2.29. The Morgan fingerprint density at radius 2 is 2.11 bits per heavy atom. The van der Waals surface area contributed by atoms with E-state index >= 15 is 0 Å². The molecule has 0 atom stereocenters. The number of carbonyl (C=O) groups excluding carboxylic acids is 1. The third kappa shape index (κ3) is 2.74. The average molecular weight is 264 g/mol. The minimum absolute atomic E-state index is 0.104. The van der Waals surface area contributed by atoms with Crippen LogP contribution >= 0.6 is 0 Å². The summed E-state index contributed by atoms with van der Waals surface area (Å²) < 4.78 is 1.68. The molecule has 1 saturated carbocycles. The normalized spacial score (nSPS) is 17.6. The molecular weight excluding hydrogens is 240 g/mol. The van der Waals surface area contributed by atoms with Crippen LogP contribution in [0.15, 0.2) is 0 Å². The van der Waals surface area contributed by atoms with Crippen molar-refractivity contribution in [3.63, 3.8) is 0 Å². The van der Waals surface area contributed by atoms with E-state index in [-0.39, 0.29) is 11.3 Å². The minimum Gasteiger partial charge on any atom is -0.395 e. The fourth-order valence-corrected chi connectivity index (χ4v) is 2.85. The maximum absolute atomic E-state index is 12.3. The summed E-state index contributed by atoms with van der Waals surface area (Å²) in [5.41, 5.74) is 7.92. The van der Waals surface area contributed by atoms with Crippen LogP contribution in [0.4, 0.5) is 5.69 Å². The number of aromatic nitrogens is 2. The Kier molecular flexibility index (Phi) is 3.83. The molecule has 1 aliphatic rings. The predicted molar refractivity (Wildman–Crippen MR) is 76.0 cm³/mol. The molecule has 0 unspecified atom stereocenters. The van der Waals surface area contributed by atoms with Crippen molar-refractivity contribution in [2.75, 3.05) is 12.3 Å². The average Bonchev–Trinajstić information content (AvgIpc) is 2.93. The lowest BCUT2D eigenvalue weighted by Crippen LogP contribution is -2.35. The minimum atomic E-state index is -0.104. The second-order valence-electron chi connectivity index (χ2n) is 5.86. The summed E-state index contributed by atoms with van der Waals surface area (Å²) in [5, 5.41) is 7.31. The lowest BCUT2D eigenvalue weighted by Gasteiger charge is -2.23. The molecule has 1 aromatic rings. The van der Waals surface area contributed by atoms with Crippen molar-refractivity contribution < 1.29 is 4.79 Å². The van der Waals surface area contributed by atoms with E-state index < -0.39 is 0 Å². The quantitative estimate of drug-likeness (QED) is 0.874. The van der Waals surface area contributed by atoms with Gasteiger partial charge in [0.05, 0.1) is 11.4 Å². The SMILES string of the molecule is CCn1nc(C)c(N)c1C(=O)NCC1(C)CCCC1. The first-order valence-electron chi connectivity index (χ1n) is 7.08. The molecule has 2 rings (SSSR count). The van der Waals surface area contributed by atoms with Gasteiger partial charge in [0, 0.05) is 13.1 Å². The molecule has 1 fully saturated rings. The van der Waals surface area contributed by atoms with Crippen molar-refractivity contribution in [2.24, 2.45) is 5.41 Å². The highest BCUT2D eigenvalue weighted by atomic mass is 16.2. The zero-order valence-electron chi connectivity index (χ0n) is 12.1. The molecule has 1 heterocycles. The third-order valence-electron chi connectivity index (χ3n) is 4.17. The Hall–Kier alpha value is -1.52. The number of amides is 1. The molecule has 1 amide bonds. The van der Waals surface area contributed by atoms with Crippen LogP contribution in [0.25, 0.3) is 0 Å². The van der Waals surface area contributed by atoms with Crippen molar-refractivity contribution in [3.8, 4) is 0 Å². The number of carbonyl (C=O) groups is 1. The van der Waals surface area contributed by atoms with Gasteiger partial charge in [-0.3, -0.25) is 9.48 Å². The van der Waals surface area contributed by atoms with Crippen molar-refractivity contribution in [1.29, 1.82) is 0 Å². The van der Waals surface area contributed by atoms with Gasteiger partial charge in [-0.15, -0.1) is 0 Å². The molecule has 3 N–H and O–H groups in total. The first-order chi connectivity index (χ1) is 8.97. The van der Waals surface area contributed by atoms with E-state index in [9.17, 15) is 4.79 Å². The van der Waals surface area contributed by atoms with Crippen LogP contribution in [-0.2, 0) is 6.54 Å². The van der Waals surface area contributed by atoms with E-state index in [1.807, 2.05) is 13.8 Å². The summed E-state index contributed by atoms with van der Waals surface area (Å²) in [7, 11) is 0. The molecule has 1 aromatic heterocycles. The van der Waals surface area contributed by atoms with Crippen molar-refractivity contribution in [3.05, 3.63) is 11.4 Å². The Labute approximate surface area is 114 Å². The Morgan fingerprint density at radius 1 is 1.47 bits per heavy atom. The molecule has 106 valence electrons. The van der Waals surface area contributed by atoms with Gasteiger partial charge in [0.15, 0.2) is 0 Å². The van der Waals surface area contributed by atoms with Crippen LogP contribution in [0.2, 0.25) is 0 Å². The van der Waals surface area contributed by atoms with Gasteiger partial charge in [-0.25, -0.2) is 0 Å². The highest BCUT2D eigenvalue weighted by Crippen LogP contribution is 2.36. The van der Waals surface area contributed by atoms with Gasteiger partial charge in [0.2, 0.25) is 0 Å². The molecule has 19 heavy (non-hydrogen) atoms. The van der Waals surface area contributed by atoms with Gasteiger partial charge >= 0.3 is 0 Å². The molecular formula is C14H24N4O. The van der Waals surface area contributed by atoms with Crippen molar-refractivity contribution in [2.45, 2.75) is 53.0 Å². The predicted octanol–water partition coefficient (Wildman–Crippen LogP) is 2.10. The lowest BCUT2D eigenvalue weighted by atomic mass is 9.89. The number of nitrogen functional groups attached to an aromatic ring is 1. The lowest BCUT2D eigenvalue weighted by molar-refractivity contribution is 0.0924. The molecule has 0 bridgehead atoms. The largest absolute Gasteiger partial charge is 0.395 e. The van der Waals surface area contributed by atoms with Crippen LogP contribution in [0.1, 0.15) is 55.7 Å². The molecule has 0 aliphatic heterocycles. The van der Waals surface area contributed by atoms with E-state index in [4.69, 9.17) is 5.73 Å². The molecule has 5 nitrogen and oxygen atoms in total. The summed E-state index contributed by atoms with van der Waals surface area (Å²) in [6.07, 6.45) is 4.91. The third-order valence-corrected chi connectivity index (χ3v) is 4.17. The van der Waals surface area contributed by atoms with Crippen LogP contribution in [0.3, 0.4) is 0 Å². The van der Waals surface area contributed by atoms with Crippen LogP contribution in [0, 0.1) is 12.3 Å². The summed E-state index contributed by atoms with van der Waals surface area (Å²) in [6.45, 7) is 7.40. The van der Waals surface area contributed by atoms with Gasteiger partial charge in [-0.05, 0) is 32.1 Å². The maximum Gasteiger partial charge on any atom is 0.271 e. The smallest absolute Gasteiger partial charge is 0.271 e. The maximum atomic E-state index is 12.3. The number of anilines is 1. The number of nitrogens with zero attached hydrogens (tertiary/aromatic N) is 2. The standard InChI is InChI=1S/C14H24N4O/c1-4-18-12(11(15)10(2)17-18)13(19)16-9-14(3)7-5-6-8-14/h4-9,15H2,1-3H3,(H,16,19). The molecule has 5 heteroatoms. The molecule has 0 saturated heterocycles. The van der Waals surface area contributed by atoms with Gasteiger partial charge < -0.3 is 11.1 Å². The number of rotatable bonds is 4. The second kappa shape index (κ2) is 5.23. The topological polar surface area (TPSA) is 72.9 Å². The number of hydrogen-bond acceptors (Lipinski definition) is 3. The Morgan fingerprint density at radius 3 is 2.68 bits per heavy atom. The van der Waals surface area contributed by atoms with Crippen LogP contribution in [0.5, 0.6) is 0 Å². The number of aryl methyl sites for hydroxylation is 2. The summed E-state index contributed by atoms with van der Waals surface area (Å²) in [4.78, 5) is 12.3. The number of hydrogen-bond donors (Lipinski definition) is 2. The monoisotopic (exact) mass is 264 g/mol. The van der Waals surface area contributed by atoms with Crippen LogP contribution < -0.4 is 11.1 Å². The fourth-order valence-electron chi connectivity index (χ4n) is 2.85. The van der Waals surface area contributed by atoms with E-state index in [2.05, 4.69) is 17.3 Å². The summed E-state index contributed by atoms with van der Waals surface area (Å²) >= 11 is 0. The van der Waals surface area contributed by atoms with E-state index in [0.29, 0.717) is 17.9 Å². The highest BCUT2D eigenvalue weighted by molar-refractivity contribution is 5.98. The van der Waals surface area contributed by atoms with E-state index in [0.717, 1.165) is 12.2 Å².